The van der Waals surface area contributed by atoms with Crippen LogP contribution < -0.4 is 10.2 Å². The van der Waals surface area contributed by atoms with Crippen molar-refractivity contribution in [3.63, 3.8) is 0 Å². The van der Waals surface area contributed by atoms with Gasteiger partial charge in [0.25, 0.3) is 5.91 Å². The van der Waals surface area contributed by atoms with Crippen LogP contribution in [0.15, 0.2) is 47.6 Å². The Morgan fingerprint density at radius 3 is 2.56 bits per heavy atom. The third-order valence-electron chi connectivity index (χ3n) is 5.59. The maximum Gasteiger partial charge on any atom is 0.311 e. The van der Waals surface area contributed by atoms with E-state index in [4.69, 9.17) is 4.74 Å². The number of para-hydroxylation sites is 1. The van der Waals surface area contributed by atoms with Gasteiger partial charge in [-0.05, 0) is 41.9 Å². The molecule has 3 rings (SSSR count). The van der Waals surface area contributed by atoms with Gasteiger partial charge in [0.15, 0.2) is 12.4 Å². The van der Waals surface area contributed by atoms with Gasteiger partial charge in [-0.2, -0.15) is 5.10 Å². The van der Waals surface area contributed by atoms with Crippen LogP contribution in [0.1, 0.15) is 57.9 Å². The van der Waals surface area contributed by atoms with Crippen LogP contribution in [-0.4, -0.2) is 28.6 Å². The summed E-state index contributed by atoms with van der Waals surface area (Å²) < 4.78 is 5.48. The SMILES string of the molecule is Cc1[nH]c2ccccc2c1C=NNC(=O)COc1ccc(C(C)(C)CC(C)(C)C)cc1[N+](=O)[O-]. The lowest BCUT2D eigenvalue weighted by atomic mass is 9.72. The van der Waals surface area contributed by atoms with Crippen molar-refractivity contribution in [2.24, 2.45) is 10.5 Å². The summed E-state index contributed by atoms with van der Waals surface area (Å²) in [6.45, 7) is 12.1. The summed E-state index contributed by atoms with van der Waals surface area (Å²) in [5.41, 5.74) is 5.71. The Morgan fingerprint density at radius 2 is 1.88 bits per heavy atom. The lowest BCUT2D eigenvalue weighted by Gasteiger charge is -2.33. The van der Waals surface area contributed by atoms with Gasteiger partial charge in [-0.25, -0.2) is 5.43 Å². The number of fused-ring (bicyclic) bond motifs is 1. The van der Waals surface area contributed by atoms with E-state index in [0.717, 1.165) is 34.1 Å². The third kappa shape index (κ3) is 6.01. The fourth-order valence-electron chi connectivity index (χ4n) is 4.44. The van der Waals surface area contributed by atoms with E-state index >= 15 is 0 Å². The largest absolute Gasteiger partial charge is 0.477 e. The summed E-state index contributed by atoms with van der Waals surface area (Å²) in [5, 5.41) is 16.7. The Bertz CT molecular complexity index is 1240. The first kappa shape index (κ1) is 25.0. The number of nitro benzene ring substituents is 1. The number of aromatic nitrogens is 1. The first-order chi connectivity index (χ1) is 15.9. The van der Waals surface area contributed by atoms with Crippen molar-refractivity contribution in [2.45, 2.75) is 53.4 Å². The molecule has 2 N–H and O–H groups in total. The lowest BCUT2D eigenvalue weighted by Crippen LogP contribution is -2.26. The molecule has 1 heterocycles. The minimum Gasteiger partial charge on any atom is -0.477 e. The molecule has 0 fully saturated rings. The number of H-pyrrole nitrogens is 1. The zero-order valence-electron chi connectivity index (χ0n) is 20.6. The second-order valence-electron chi connectivity index (χ2n) is 10.4. The highest BCUT2D eigenvalue weighted by Crippen LogP contribution is 2.39. The Labute approximate surface area is 199 Å². The van der Waals surface area contributed by atoms with Gasteiger partial charge in [-0.1, -0.05) is 58.9 Å². The molecule has 8 nitrogen and oxygen atoms in total. The molecule has 0 atom stereocenters. The summed E-state index contributed by atoms with van der Waals surface area (Å²) in [7, 11) is 0. The number of benzene rings is 2. The minimum atomic E-state index is -0.514. The van der Waals surface area contributed by atoms with Crippen LogP contribution in [0.4, 0.5) is 5.69 Å². The number of carbonyl (C=O) groups is 1. The van der Waals surface area contributed by atoms with Crippen molar-refractivity contribution < 1.29 is 14.5 Å². The summed E-state index contributed by atoms with van der Waals surface area (Å²) in [6.07, 6.45) is 2.42. The van der Waals surface area contributed by atoms with Gasteiger partial charge < -0.3 is 9.72 Å². The van der Waals surface area contributed by atoms with Crippen LogP contribution in [0.25, 0.3) is 10.9 Å². The number of ether oxygens (including phenoxy) is 1. The molecule has 0 aliphatic carbocycles. The highest BCUT2D eigenvalue weighted by molar-refractivity contribution is 6.00. The van der Waals surface area contributed by atoms with Crippen molar-refractivity contribution in [1.29, 1.82) is 0 Å². The average Bonchev–Trinajstić information content (AvgIpc) is 3.05. The Balaban J connectivity index is 1.67. The average molecular weight is 465 g/mol. The first-order valence-electron chi connectivity index (χ1n) is 11.2. The molecule has 1 aromatic heterocycles. The van der Waals surface area contributed by atoms with Gasteiger partial charge in [-0.15, -0.1) is 0 Å². The molecule has 0 saturated heterocycles. The molecule has 3 aromatic rings. The smallest absolute Gasteiger partial charge is 0.311 e. The highest BCUT2D eigenvalue weighted by atomic mass is 16.6. The number of carbonyl (C=O) groups excluding carboxylic acids is 1. The van der Waals surface area contributed by atoms with Crippen molar-refractivity contribution in [3.05, 3.63) is 69.4 Å². The monoisotopic (exact) mass is 464 g/mol. The quantitative estimate of drug-likeness (QED) is 0.256. The van der Waals surface area contributed by atoms with E-state index in [9.17, 15) is 14.9 Å². The number of aromatic amines is 1. The Kier molecular flexibility index (Phi) is 7.09. The van der Waals surface area contributed by atoms with Gasteiger partial charge in [0.05, 0.1) is 11.1 Å². The van der Waals surface area contributed by atoms with Gasteiger partial charge in [0.1, 0.15) is 0 Å². The molecule has 8 heteroatoms. The van der Waals surface area contributed by atoms with Crippen LogP contribution in [0.5, 0.6) is 5.75 Å². The number of nitrogens with one attached hydrogen (secondary N) is 2. The van der Waals surface area contributed by atoms with E-state index in [1.165, 1.54) is 6.07 Å². The Hall–Kier alpha value is -3.68. The highest BCUT2D eigenvalue weighted by Gasteiger charge is 2.29. The number of rotatable bonds is 8. The van der Waals surface area contributed by atoms with E-state index in [-0.39, 0.29) is 22.3 Å². The fraction of sp³-hybridized carbons (Fsp3) is 0.385. The first-order valence-corrected chi connectivity index (χ1v) is 11.2. The van der Waals surface area contributed by atoms with Crippen molar-refractivity contribution in [1.82, 2.24) is 10.4 Å². The minimum absolute atomic E-state index is 0.0481. The topological polar surface area (TPSA) is 110 Å². The molecule has 0 radical (unpaired) electrons. The van der Waals surface area contributed by atoms with Gasteiger partial charge >= 0.3 is 5.69 Å². The zero-order valence-corrected chi connectivity index (χ0v) is 20.6. The van der Waals surface area contributed by atoms with Crippen LogP contribution >= 0.6 is 0 Å². The number of amides is 1. The molecule has 0 spiro atoms. The molecule has 0 aliphatic rings. The summed E-state index contributed by atoms with van der Waals surface area (Å²) in [5.74, 6) is -0.466. The van der Waals surface area contributed by atoms with Crippen LogP contribution in [0, 0.1) is 22.5 Å². The molecule has 0 bridgehead atoms. The molecule has 1 amide bonds. The second-order valence-corrected chi connectivity index (χ2v) is 10.4. The number of hydrogen-bond donors (Lipinski definition) is 2. The predicted molar refractivity (Wildman–Crippen MR) is 134 cm³/mol. The van der Waals surface area contributed by atoms with E-state index in [1.807, 2.05) is 37.3 Å². The van der Waals surface area contributed by atoms with Crippen LogP contribution in [-0.2, 0) is 10.2 Å². The molecular formula is C26H32N4O4. The number of hydrazone groups is 1. The maximum atomic E-state index is 12.2. The third-order valence-corrected chi connectivity index (χ3v) is 5.59. The molecule has 180 valence electrons. The number of nitrogens with zero attached hydrogens (tertiary/aromatic N) is 2. The standard InChI is InChI=1S/C26H32N4O4/c1-17-20(19-9-7-8-10-21(19)28-17)14-27-29-24(31)15-34-23-12-11-18(13-22(23)30(32)33)26(5,6)16-25(2,3)4/h7-14,28H,15-16H2,1-6H3,(H,29,31). The summed E-state index contributed by atoms with van der Waals surface area (Å²) in [6, 6.07) is 12.7. The summed E-state index contributed by atoms with van der Waals surface area (Å²) >= 11 is 0. The van der Waals surface area contributed by atoms with Crippen molar-refractivity contribution in [3.8, 4) is 5.75 Å². The van der Waals surface area contributed by atoms with E-state index < -0.39 is 17.4 Å². The number of hydrogen-bond acceptors (Lipinski definition) is 5. The molecule has 0 aliphatic heterocycles. The van der Waals surface area contributed by atoms with Crippen molar-refractivity contribution in [2.75, 3.05) is 6.61 Å². The lowest BCUT2D eigenvalue weighted by molar-refractivity contribution is -0.385. The second kappa shape index (κ2) is 9.67. The van der Waals surface area contributed by atoms with E-state index in [2.05, 4.69) is 50.1 Å². The normalized spacial score (nSPS) is 12.3. The number of nitro groups is 1. The molecule has 0 saturated carbocycles. The Morgan fingerprint density at radius 1 is 1.18 bits per heavy atom. The summed E-state index contributed by atoms with van der Waals surface area (Å²) in [4.78, 5) is 26.7. The van der Waals surface area contributed by atoms with Crippen LogP contribution in [0.2, 0.25) is 0 Å². The number of aryl methyl sites for hydroxylation is 1. The van der Waals surface area contributed by atoms with Crippen molar-refractivity contribution >= 4 is 28.7 Å². The molecule has 2 aromatic carbocycles. The zero-order chi connectivity index (χ0) is 25.1. The van der Waals surface area contributed by atoms with E-state index in [0.29, 0.717) is 0 Å². The maximum absolute atomic E-state index is 12.2. The predicted octanol–water partition coefficient (Wildman–Crippen LogP) is 5.63. The molecular weight excluding hydrogens is 432 g/mol. The van der Waals surface area contributed by atoms with E-state index in [1.54, 1.807) is 12.3 Å². The van der Waals surface area contributed by atoms with Gasteiger partial charge in [0, 0.05) is 28.2 Å². The van der Waals surface area contributed by atoms with Gasteiger partial charge in [-0.3, -0.25) is 14.9 Å². The molecule has 0 unspecified atom stereocenters. The molecule has 34 heavy (non-hydrogen) atoms. The van der Waals surface area contributed by atoms with Gasteiger partial charge in [0.2, 0.25) is 0 Å². The van der Waals surface area contributed by atoms with Crippen LogP contribution in [0.3, 0.4) is 0 Å². The fourth-order valence-corrected chi connectivity index (χ4v) is 4.44.